The van der Waals surface area contributed by atoms with Crippen molar-refractivity contribution >= 4 is 28.8 Å². The maximum Gasteiger partial charge on any atom is 0.265 e. The number of halogens is 1. The molecule has 0 saturated heterocycles. The van der Waals surface area contributed by atoms with E-state index in [1.54, 1.807) is 13.2 Å². The molecule has 1 atom stereocenters. The maximum absolute atomic E-state index is 11.9. The third-order valence-electron chi connectivity index (χ3n) is 2.34. The summed E-state index contributed by atoms with van der Waals surface area (Å²) in [5.74, 6) is 1.10. The maximum atomic E-state index is 11.9. The number of hydrogen-bond acceptors (Lipinski definition) is 3. The molecule has 3 nitrogen and oxygen atoms in total. The zero-order chi connectivity index (χ0) is 12.0. The van der Waals surface area contributed by atoms with Crippen LogP contribution in [0.4, 0.5) is 0 Å². The van der Waals surface area contributed by atoms with E-state index in [1.165, 1.54) is 11.3 Å². The van der Waals surface area contributed by atoms with Gasteiger partial charge in [0.15, 0.2) is 0 Å². The van der Waals surface area contributed by atoms with E-state index >= 15 is 0 Å². The van der Waals surface area contributed by atoms with Gasteiger partial charge >= 0.3 is 0 Å². The van der Waals surface area contributed by atoms with Gasteiger partial charge in [0.1, 0.15) is 10.6 Å². The van der Waals surface area contributed by atoms with Crippen LogP contribution in [-0.2, 0) is 0 Å². The minimum atomic E-state index is -0.0798. The predicted molar refractivity (Wildman–Crippen MR) is 67.8 cm³/mol. The van der Waals surface area contributed by atoms with E-state index in [0.29, 0.717) is 16.5 Å². The Morgan fingerprint density at radius 2 is 2.44 bits per heavy atom. The number of carbonyl (C=O) groups excluding carboxylic acids is 1. The monoisotopic (exact) mass is 261 g/mol. The number of amides is 1. The van der Waals surface area contributed by atoms with Gasteiger partial charge in [0.25, 0.3) is 5.91 Å². The Balaban J connectivity index is 2.64. The van der Waals surface area contributed by atoms with Gasteiger partial charge < -0.3 is 10.1 Å². The minimum Gasteiger partial charge on any atom is -0.495 e. The molecule has 0 aromatic carbocycles. The fourth-order valence-corrected chi connectivity index (χ4v) is 2.41. The Hall–Kier alpha value is -0.740. The summed E-state index contributed by atoms with van der Waals surface area (Å²) >= 11 is 7.05. The number of rotatable bonds is 6. The molecule has 1 heterocycles. The van der Waals surface area contributed by atoms with E-state index in [4.69, 9.17) is 16.3 Å². The number of thiophene rings is 1. The van der Waals surface area contributed by atoms with Gasteiger partial charge in [-0.15, -0.1) is 22.9 Å². The number of methoxy groups -OCH3 is 1. The lowest BCUT2D eigenvalue weighted by Crippen LogP contribution is -2.34. The fourth-order valence-electron chi connectivity index (χ4n) is 1.38. The molecule has 1 aromatic heterocycles. The minimum absolute atomic E-state index is 0.0798. The first-order valence-electron chi connectivity index (χ1n) is 5.21. The van der Waals surface area contributed by atoms with Crippen molar-refractivity contribution in [1.29, 1.82) is 0 Å². The number of alkyl halides is 1. The van der Waals surface area contributed by atoms with Gasteiger partial charge in [-0.1, -0.05) is 6.92 Å². The average molecular weight is 262 g/mol. The largest absolute Gasteiger partial charge is 0.495 e. The van der Waals surface area contributed by atoms with Crippen LogP contribution < -0.4 is 10.1 Å². The molecule has 1 rings (SSSR count). The highest BCUT2D eigenvalue weighted by molar-refractivity contribution is 7.12. The Morgan fingerprint density at radius 1 is 1.69 bits per heavy atom. The van der Waals surface area contributed by atoms with E-state index in [1.807, 2.05) is 12.3 Å². The first kappa shape index (κ1) is 13.3. The highest BCUT2D eigenvalue weighted by atomic mass is 35.5. The van der Waals surface area contributed by atoms with Crippen molar-refractivity contribution in [3.63, 3.8) is 0 Å². The van der Waals surface area contributed by atoms with E-state index in [-0.39, 0.29) is 11.9 Å². The molecule has 90 valence electrons. The molecule has 0 aliphatic carbocycles. The van der Waals surface area contributed by atoms with E-state index in [9.17, 15) is 4.79 Å². The molecule has 1 amide bonds. The highest BCUT2D eigenvalue weighted by Gasteiger charge is 2.16. The zero-order valence-corrected chi connectivity index (χ0v) is 11.0. The Labute approximate surface area is 105 Å². The van der Waals surface area contributed by atoms with Crippen molar-refractivity contribution in [2.24, 2.45) is 0 Å². The lowest BCUT2D eigenvalue weighted by atomic mass is 10.1. The summed E-state index contributed by atoms with van der Waals surface area (Å²) in [6.45, 7) is 2.03. The summed E-state index contributed by atoms with van der Waals surface area (Å²) in [6, 6.07) is 1.93. The van der Waals surface area contributed by atoms with Gasteiger partial charge in [0.2, 0.25) is 0 Å². The van der Waals surface area contributed by atoms with Gasteiger partial charge in [-0.3, -0.25) is 4.79 Å². The number of carbonyl (C=O) groups is 1. The molecule has 1 unspecified atom stereocenters. The van der Waals surface area contributed by atoms with Gasteiger partial charge in [-0.25, -0.2) is 0 Å². The third-order valence-corrected chi connectivity index (χ3v) is 3.45. The Kier molecular flexibility index (Phi) is 5.63. The third kappa shape index (κ3) is 3.39. The van der Waals surface area contributed by atoms with Crippen LogP contribution >= 0.6 is 22.9 Å². The van der Waals surface area contributed by atoms with Crippen LogP contribution in [0.25, 0.3) is 0 Å². The average Bonchev–Trinajstić information content (AvgIpc) is 2.76. The topological polar surface area (TPSA) is 38.3 Å². The fraction of sp³-hybridized carbons (Fsp3) is 0.545. The molecule has 0 aliphatic rings. The second-order valence-corrected chi connectivity index (χ2v) is 4.67. The Morgan fingerprint density at radius 3 is 3.00 bits per heavy atom. The lowest BCUT2D eigenvalue weighted by Gasteiger charge is -2.15. The molecule has 0 radical (unpaired) electrons. The van der Waals surface area contributed by atoms with E-state index < -0.39 is 0 Å². The molecule has 16 heavy (non-hydrogen) atoms. The van der Waals surface area contributed by atoms with E-state index in [0.717, 1.165) is 12.8 Å². The van der Waals surface area contributed by atoms with E-state index in [2.05, 4.69) is 5.32 Å². The molecule has 0 spiro atoms. The van der Waals surface area contributed by atoms with Gasteiger partial charge in [-0.05, 0) is 24.3 Å². The zero-order valence-electron chi connectivity index (χ0n) is 9.46. The van der Waals surface area contributed by atoms with Crippen molar-refractivity contribution in [1.82, 2.24) is 5.32 Å². The standard InChI is InChI=1S/C11H16ClNO2S/c1-3-8(4-6-12)13-11(14)10-9(15-2)5-7-16-10/h5,7-8H,3-4,6H2,1-2H3,(H,13,14). The van der Waals surface area contributed by atoms with Crippen molar-refractivity contribution in [3.05, 3.63) is 16.3 Å². The normalized spacial score (nSPS) is 12.2. The van der Waals surface area contributed by atoms with Gasteiger partial charge in [0.05, 0.1) is 7.11 Å². The van der Waals surface area contributed by atoms with Crippen LogP contribution in [-0.4, -0.2) is 24.9 Å². The summed E-state index contributed by atoms with van der Waals surface area (Å²) in [5, 5.41) is 4.80. The first-order valence-corrected chi connectivity index (χ1v) is 6.62. The van der Waals surface area contributed by atoms with Crippen molar-refractivity contribution in [2.45, 2.75) is 25.8 Å². The van der Waals surface area contributed by atoms with Crippen LogP contribution in [0, 0.1) is 0 Å². The first-order chi connectivity index (χ1) is 7.72. The smallest absolute Gasteiger partial charge is 0.265 e. The number of hydrogen-bond donors (Lipinski definition) is 1. The molecule has 0 saturated carbocycles. The van der Waals surface area contributed by atoms with Crippen LogP contribution in [0.5, 0.6) is 5.75 Å². The predicted octanol–water partition coefficient (Wildman–Crippen LogP) is 2.89. The number of nitrogens with one attached hydrogen (secondary N) is 1. The van der Waals surface area contributed by atoms with Crippen LogP contribution in [0.3, 0.4) is 0 Å². The summed E-state index contributed by atoms with van der Waals surface area (Å²) in [4.78, 5) is 12.5. The molecular formula is C11H16ClNO2S. The lowest BCUT2D eigenvalue weighted by molar-refractivity contribution is 0.0936. The number of ether oxygens (including phenoxy) is 1. The Bertz CT molecular complexity index is 340. The van der Waals surface area contributed by atoms with Crippen LogP contribution in [0.2, 0.25) is 0 Å². The summed E-state index contributed by atoms with van der Waals surface area (Å²) in [7, 11) is 1.56. The summed E-state index contributed by atoms with van der Waals surface area (Å²) in [6.07, 6.45) is 1.67. The van der Waals surface area contributed by atoms with Gasteiger partial charge in [-0.2, -0.15) is 0 Å². The van der Waals surface area contributed by atoms with Gasteiger partial charge in [0, 0.05) is 11.9 Å². The summed E-state index contributed by atoms with van der Waals surface area (Å²) < 4.78 is 5.11. The summed E-state index contributed by atoms with van der Waals surface area (Å²) in [5.41, 5.74) is 0. The molecule has 1 aromatic rings. The quantitative estimate of drug-likeness (QED) is 0.800. The highest BCUT2D eigenvalue weighted by Crippen LogP contribution is 2.24. The second-order valence-electron chi connectivity index (χ2n) is 3.37. The second kappa shape index (κ2) is 6.76. The molecule has 0 aliphatic heterocycles. The molecule has 0 fully saturated rings. The SMILES string of the molecule is CCC(CCCl)NC(=O)c1sccc1OC. The van der Waals surface area contributed by atoms with Crippen LogP contribution in [0.15, 0.2) is 11.4 Å². The van der Waals surface area contributed by atoms with Crippen molar-refractivity contribution in [2.75, 3.05) is 13.0 Å². The molecular weight excluding hydrogens is 246 g/mol. The van der Waals surface area contributed by atoms with Crippen molar-refractivity contribution < 1.29 is 9.53 Å². The molecule has 1 N–H and O–H groups in total. The molecule has 5 heteroatoms. The van der Waals surface area contributed by atoms with Crippen LogP contribution in [0.1, 0.15) is 29.4 Å². The molecule has 0 bridgehead atoms. The van der Waals surface area contributed by atoms with Crippen molar-refractivity contribution in [3.8, 4) is 5.75 Å².